The first-order valence-corrected chi connectivity index (χ1v) is 5.34. The molecule has 5 heteroatoms. The Bertz CT molecular complexity index is 440. The Hall–Kier alpha value is -1.05. The number of ether oxygens (including phenoxy) is 1. The van der Waals surface area contributed by atoms with Crippen LogP contribution in [0.4, 0.5) is 0 Å². The predicted molar refractivity (Wildman–Crippen MR) is 59.8 cm³/mol. The van der Waals surface area contributed by atoms with Gasteiger partial charge in [-0.2, -0.15) is 5.26 Å². The average Bonchev–Trinajstić information content (AvgIpc) is 2.21. The number of benzene rings is 1. The molecule has 0 aliphatic rings. The minimum Gasteiger partial charge on any atom is -0.462 e. The Morgan fingerprint density at radius 1 is 1.67 bits per heavy atom. The number of halogens is 2. The highest BCUT2D eigenvalue weighted by Crippen LogP contribution is 2.27. The van der Waals surface area contributed by atoms with Crippen molar-refractivity contribution in [1.82, 2.24) is 0 Å². The molecule has 0 aliphatic carbocycles. The Labute approximate surface area is 101 Å². The fourth-order valence-corrected chi connectivity index (χ4v) is 1.72. The SMILES string of the molecule is CCOC(=O)c1c(Cl)ccc(Br)c1C#N. The number of esters is 1. The molecular weight excluding hydrogens is 281 g/mol. The maximum absolute atomic E-state index is 11.5. The van der Waals surface area contributed by atoms with Gasteiger partial charge >= 0.3 is 5.97 Å². The lowest BCUT2D eigenvalue weighted by Crippen LogP contribution is -2.08. The maximum atomic E-state index is 11.5. The van der Waals surface area contributed by atoms with Crippen molar-refractivity contribution in [3.05, 3.63) is 32.8 Å². The lowest BCUT2D eigenvalue weighted by atomic mass is 10.1. The lowest BCUT2D eigenvalue weighted by molar-refractivity contribution is 0.0526. The van der Waals surface area contributed by atoms with Crippen molar-refractivity contribution in [3.63, 3.8) is 0 Å². The summed E-state index contributed by atoms with van der Waals surface area (Å²) in [6, 6.07) is 5.07. The van der Waals surface area contributed by atoms with E-state index in [9.17, 15) is 4.79 Å². The van der Waals surface area contributed by atoms with Crippen LogP contribution in [0.3, 0.4) is 0 Å². The van der Waals surface area contributed by atoms with E-state index in [-0.39, 0.29) is 22.8 Å². The number of nitriles is 1. The molecule has 0 radical (unpaired) electrons. The van der Waals surface area contributed by atoms with Gasteiger partial charge in [0, 0.05) is 4.47 Å². The highest BCUT2D eigenvalue weighted by atomic mass is 79.9. The van der Waals surface area contributed by atoms with Crippen molar-refractivity contribution in [2.75, 3.05) is 6.61 Å². The average molecular weight is 289 g/mol. The summed E-state index contributed by atoms with van der Waals surface area (Å²) in [6.45, 7) is 1.93. The largest absolute Gasteiger partial charge is 0.462 e. The van der Waals surface area contributed by atoms with Crippen LogP contribution in [0.1, 0.15) is 22.8 Å². The summed E-state index contributed by atoms with van der Waals surface area (Å²) in [5.74, 6) is -0.583. The first-order valence-electron chi connectivity index (χ1n) is 4.17. The van der Waals surface area contributed by atoms with Crippen molar-refractivity contribution in [1.29, 1.82) is 5.26 Å². The van der Waals surface area contributed by atoms with Crippen LogP contribution in [0.15, 0.2) is 16.6 Å². The summed E-state index contributed by atoms with van der Waals surface area (Å²) < 4.78 is 5.34. The van der Waals surface area contributed by atoms with Gasteiger partial charge < -0.3 is 4.74 Å². The molecule has 0 saturated heterocycles. The molecule has 0 bridgehead atoms. The summed E-state index contributed by atoms with van der Waals surface area (Å²) in [7, 11) is 0. The van der Waals surface area contributed by atoms with Crippen molar-refractivity contribution in [2.45, 2.75) is 6.92 Å². The second kappa shape index (κ2) is 5.15. The third kappa shape index (κ3) is 2.49. The van der Waals surface area contributed by atoms with Gasteiger partial charge in [0.2, 0.25) is 0 Å². The molecule has 15 heavy (non-hydrogen) atoms. The zero-order valence-corrected chi connectivity index (χ0v) is 10.2. The molecule has 1 aromatic rings. The van der Waals surface area contributed by atoms with E-state index >= 15 is 0 Å². The molecule has 3 nitrogen and oxygen atoms in total. The van der Waals surface area contributed by atoms with Crippen LogP contribution in [-0.2, 0) is 4.74 Å². The number of carbonyl (C=O) groups is 1. The topological polar surface area (TPSA) is 50.1 Å². The summed E-state index contributed by atoms with van der Waals surface area (Å²) in [5, 5.41) is 9.11. The van der Waals surface area contributed by atoms with E-state index in [0.717, 1.165) is 0 Å². The van der Waals surface area contributed by atoms with Crippen LogP contribution in [0, 0.1) is 11.3 Å². The molecular formula is C10H7BrClNO2. The molecule has 0 heterocycles. The number of hydrogen-bond acceptors (Lipinski definition) is 3. The van der Waals surface area contributed by atoms with Crippen molar-refractivity contribution in [2.24, 2.45) is 0 Å². The Kier molecular flexibility index (Phi) is 4.13. The number of carbonyl (C=O) groups excluding carboxylic acids is 1. The Morgan fingerprint density at radius 2 is 2.33 bits per heavy atom. The summed E-state index contributed by atoms with van der Waals surface area (Å²) in [4.78, 5) is 11.5. The van der Waals surface area contributed by atoms with Crippen LogP contribution in [0.25, 0.3) is 0 Å². The second-order valence-electron chi connectivity index (χ2n) is 2.61. The van der Waals surface area contributed by atoms with Gasteiger partial charge in [-0.15, -0.1) is 0 Å². The summed E-state index contributed by atoms with van der Waals surface area (Å²) in [6.07, 6.45) is 0. The zero-order valence-electron chi connectivity index (χ0n) is 7.88. The van der Waals surface area contributed by atoms with Gasteiger partial charge in [0.25, 0.3) is 0 Å². The number of nitrogens with zero attached hydrogens (tertiary/aromatic N) is 1. The van der Waals surface area contributed by atoms with E-state index in [0.29, 0.717) is 4.47 Å². The van der Waals surface area contributed by atoms with E-state index in [2.05, 4.69) is 15.9 Å². The molecule has 0 spiro atoms. The molecule has 0 amide bonds. The third-order valence-electron chi connectivity index (χ3n) is 1.70. The Balaban J connectivity index is 3.33. The normalized spacial score (nSPS) is 9.47. The van der Waals surface area contributed by atoms with Gasteiger partial charge in [0.1, 0.15) is 6.07 Å². The first-order chi connectivity index (χ1) is 7.11. The quantitative estimate of drug-likeness (QED) is 0.786. The van der Waals surface area contributed by atoms with Crippen molar-refractivity contribution in [3.8, 4) is 6.07 Å². The lowest BCUT2D eigenvalue weighted by Gasteiger charge is -2.06. The molecule has 0 aromatic heterocycles. The minimum absolute atomic E-state index is 0.107. The van der Waals surface area contributed by atoms with Crippen LogP contribution in [-0.4, -0.2) is 12.6 Å². The van der Waals surface area contributed by atoms with E-state index < -0.39 is 5.97 Å². The molecule has 78 valence electrons. The molecule has 1 aromatic carbocycles. The maximum Gasteiger partial charge on any atom is 0.341 e. The van der Waals surface area contributed by atoms with Crippen molar-refractivity contribution >= 4 is 33.5 Å². The van der Waals surface area contributed by atoms with Gasteiger partial charge in [-0.05, 0) is 35.0 Å². The molecule has 0 saturated carbocycles. The highest BCUT2D eigenvalue weighted by molar-refractivity contribution is 9.10. The first kappa shape index (κ1) is 12.0. The number of hydrogen-bond donors (Lipinski definition) is 0. The minimum atomic E-state index is -0.583. The monoisotopic (exact) mass is 287 g/mol. The zero-order chi connectivity index (χ0) is 11.4. The summed E-state index contributed by atoms with van der Waals surface area (Å²) in [5.41, 5.74) is 0.302. The number of rotatable bonds is 2. The van der Waals surface area contributed by atoms with Crippen LogP contribution in [0.5, 0.6) is 0 Å². The van der Waals surface area contributed by atoms with Crippen LogP contribution >= 0.6 is 27.5 Å². The molecule has 0 unspecified atom stereocenters. The van der Waals surface area contributed by atoms with E-state index in [1.165, 1.54) is 0 Å². The van der Waals surface area contributed by atoms with Gasteiger partial charge in [-0.3, -0.25) is 0 Å². The third-order valence-corrected chi connectivity index (χ3v) is 2.67. The predicted octanol–water partition coefficient (Wildman–Crippen LogP) is 3.15. The highest BCUT2D eigenvalue weighted by Gasteiger charge is 2.18. The standard InChI is InChI=1S/C10H7BrClNO2/c1-2-15-10(14)9-6(5-13)7(11)3-4-8(9)12/h3-4H,2H2,1H3. The van der Waals surface area contributed by atoms with Crippen LogP contribution in [0.2, 0.25) is 5.02 Å². The van der Waals surface area contributed by atoms with E-state index in [4.69, 9.17) is 21.6 Å². The van der Waals surface area contributed by atoms with Crippen molar-refractivity contribution < 1.29 is 9.53 Å². The van der Waals surface area contributed by atoms with Gasteiger partial charge in [-0.25, -0.2) is 4.79 Å². The van der Waals surface area contributed by atoms with Gasteiger partial charge in [0.05, 0.1) is 22.8 Å². The van der Waals surface area contributed by atoms with Gasteiger partial charge in [-0.1, -0.05) is 11.6 Å². The molecule has 1 rings (SSSR count). The van der Waals surface area contributed by atoms with E-state index in [1.54, 1.807) is 19.1 Å². The van der Waals surface area contributed by atoms with Gasteiger partial charge in [0.15, 0.2) is 0 Å². The molecule has 0 aliphatic heterocycles. The molecule has 0 atom stereocenters. The molecule has 0 N–H and O–H groups in total. The van der Waals surface area contributed by atoms with E-state index in [1.807, 2.05) is 6.07 Å². The summed E-state index contributed by atoms with van der Waals surface area (Å²) >= 11 is 9.01. The van der Waals surface area contributed by atoms with Crippen LogP contribution < -0.4 is 0 Å². The fourth-order valence-electron chi connectivity index (χ4n) is 1.06. The smallest absolute Gasteiger partial charge is 0.341 e. The fraction of sp³-hybridized carbons (Fsp3) is 0.200. The second-order valence-corrected chi connectivity index (χ2v) is 3.87. The Morgan fingerprint density at radius 3 is 2.87 bits per heavy atom. The molecule has 0 fully saturated rings.